The molecule has 0 aliphatic heterocycles. The number of hydrogen-bond donors (Lipinski definition) is 0. The zero-order valence-corrected chi connectivity index (χ0v) is 40.2. The Labute approximate surface area is 337 Å². The van der Waals surface area contributed by atoms with Crippen LogP contribution < -0.4 is 0 Å². The van der Waals surface area contributed by atoms with Gasteiger partial charge < -0.3 is 0 Å². The van der Waals surface area contributed by atoms with Crippen LogP contribution in [0.3, 0.4) is 0 Å². The minimum atomic E-state index is -2.38. The van der Waals surface area contributed by atoms with Gasteiger partial charge >= 0.3 is 0 Å². The molecule has 0 amide bonds. The van der Waals surface area contributed by atoms with Gasteiger partial charge in [-0.15, -0.1) is 33.8 Å². The lowest BCUT2D eigenvalue weighted by Crippen LogP contribution is -2.57. The van der Waals surface area contributed by atoms with Crippen LogP contribution in [-0.2, 0) is 0 Å². The van der Waals surface area contributed by atoms with E-state index in [0.29, 0.717) is 0 Å². The topological polar surface area (TPSA) is 0 Å². The van der Waals surface area contributed by atoms with Crippen molar-refractivity contribution in [2.45, 2.75) is 155 Å². The highest BCUT2D eigenvalue weighted by molar-refractivity contribution is 7.17. The van der Waals surface area contributed by atoms with Crippen molar-refractivity contribution in [3.63, 3.8) is 0 Å². The van der Waals surface area contributed by atoms with Crippen LogP contribution in [0.2, 0.25) is 30.2 Å². The highest BCUT2D eigenvalue weighted by Gasteiger charge is 2.60. The van der Waals surface area contributed by atoms with Crippen molar-refractivity contribution in [2.75, 3.05) is 0 Å². The smallest absolute Gasteiger partial charge is 0.144 e. The van der Waals surface area contributed by atoms with E-state index in [0.717, 1.165) is 11.1 Å². The Balaban J connectivity index is 1.89. The van der Waals surface area contributed by atoms with Gasteiger partial charge in [-0.1, -0.05) is 136 Å². The monoisotopic (exact) mass is 784 g/mol. The zero-order valence-electron chi connectivity index (χ0n) is 36.6. The summed E-state index contributed by atoms with van der Waals surface area (Å²) in [7, 11) is -4.75. The third kappa shape index (κ3) is 6.23. The van der Waals surface area contributed by atoms with Crippen molar-refractivity contribution in [3.05, 3.63) is 70.4 Å². The van der Waals surface area contributed by atoms with E-state index in [4.69, 9.17) is 0 Å². The van der Waals surface area contributed by atoms with E-state index in [1.54, 1.807) is 0 Å². The second-order valence-electron chi connectivity index (χ2n) is 22.2. The number of thiophene rings is 2. The van der Waals surface area contributed by atoms with Gasteiger partial charge in [0.05, 0.1) is 0 Å². The van der Waals surface area contributed by atoms with Crippen molar-refractivity contribution < 1.29 is 0 Å². The highest BCUT2D eigenvalue weighted by Crippen LogP contribution is 2.63. The summed E-state index contributed by atoms with van der Waals surface area (Å²) in [5.41, 5.74) is 10.9. The summed E-state index contributed by atoms with van der Waals surface area (Å²) < 4.78 is 2.63. The molecule has 4 heteroatoms. The molecule has 0 nitrogen and oxygen atoms in total. The minimum Gasteiger partial charge on any atom is -0.144 e. The van der Waals surface area contributed by atoms with E-state index in [-0.39, 0.29) is 30.2 Å². The Bertz CT molecular complexity index is 2310. The van der Waals surface area contributed by atoms with Crippen molar-refractivity contribution in [1.29, 1.82) is 0 Å². The summed E-state index contributed by atoms with van der Waals surface area (Å²) in [6, 6.07) is 19.1. The predicted octanol–water partition coefficient (Wildman–Crippen LogP) is 17.1. The van der Waals surface area contributed by atoms with Gasteiger partial charge in [0.1, 0.15) is 0 Å². The van der Waals surface area contributed by atoms with Crippen LogP contribution in [0.4, 0.5) is 0 Å². The van der Waals surface area contributed by atoms with Gasteiger partial charge in [0.2, 0.25) is 0 Å². The summed E-state index contributed by atoms with van der Waals surface area (Å²) in [5, 5.41) is 14.9. The second kappa shape index (κ2) is 12.8. The van der Waals surface area contributed by atoms with Crippen LogP contribution in [0.15, 0.2) is 59.3 Å². The third-order valence-corrected chi connectivity index (χ3v) is 29.0. The molecule has 0 atom stereocenters. The first-order chi connectivity index (χ1) is 24.6. The van der Waals surface area contributed by atoms with Gasteiger partial charge in [-0.05, 0) is 127 Å². The Kier molecular flexibility index (Phi) is 9.69. The SMILES string of the molecule is CC(C)(C)[Si](C#Cc1c2cc3cc4sccc4cc3cc2c(C#C[Si](C(C)(C)C)(C(C)(C)C)C(C)(C)C)c2cc3sccc3cc12)(C(C)(C)C)C(C)(C)C. The molecule has 284 valence electrons. The predicted molar refractivity (Wildman–Crippen MR) is 253 cm³/mol. The molecule has 2 aromatic heterocycles. The normalized spacial score (nSPS) is 14.2. The number of hydrogen-bond acceptors (Lipinski definition) is 2. The molecule has 54 heavy (non-hydrogen) atoms. The summed E-state index contributed by atoms with van der Waals surface area (Å²) >= 11 is 3.64. The second-order valence-corrected chi connectivity index (χ2v) is 36.6. The maximum Gasteiger partial charge on any atom is 0.154 e. The average molecular weight is 785 g/mol. The van der Waals surface area contributed by atoms with Crippen molar-refractivity contribution >= 4 is 91.3 Å². The van der Waals surface area contributed by atoms with Crippen LogP contribution >= 0.6 is 22.7 Å². The Morgan fingerprint density at radius 2 is 0.667 bits per heavy atom. The molecule has 2 heterocycles. The molecular weight excluding hydrogens is 721 g/mol. The molecule has 0 aliphatic carbocycles. The lowest BCUT2D eigenvalue weighted by atomic mass is 9.90. The van der Waals surface area contributed by atoms with Crippen molar-refractivity contribution in [3.8, 4) is 22.9 Å². The number of rotatable bonds is 0. The van der Waals surface area contributed by atoms with Gasteiger partial charge in [0.25, 0.3) is 0 Å². The van der Waals surface area contributed by atoms with Crippen LogP contribution in [0.5, 0.6) is 0 Å². The zero-order chi connectivity index (χ0) is 40.2. The molecule has 6 aromatic rings. The lowest BCUT2D eigenvalue weighted by Gasteiger charge is -2.55. The van der Waals surface area contributed by atoms with E-state index in [1.807, 2.05) is 22.7 Å². The first-order valence-electron chi connectivity index (χ1n) is 19.8. The maximum atomic E-state index is 4.27. The molecule has 0 saturated heterocycles. The average Bonchev–Trinajstić information content (AvgIpc) is 3.63. The van der Waals surface area contributed by atoms with E-state index in [2.05, 4.69) is 207 Å². The lowest BCUT2D eigenvalue weighted by molar-refractivity contribution is 0.548. The summed E-state index contributed by atoms with van der Waals surface area (Å²) in [6.07, 6.45) is 0. The van der Waals surface area contributed by atoms with Crippen LogP contribution in [0.1, 0.15) is 136 Å². The molecule has 0 N–H and O–H groups in total. The molecule has 0 unspecified atom stereocenters. The van der Waals surface area contributed by atoms with Crippen molar-refractivity contribution in [2.24, 2.45) is 0 Å². The molecule has 0 radical (unpaired) electrons. The fraction of sp³-hybridized carbons (Fsp3) is 0.480. The van der Waals surface area contributed by atoms with Gasteiger partial charge in [0.15, 0.2) is 16.1 Å². The summed E-state index contributed by atoms with van der Waals surface area (Å²) in [6.45, 7) is 44.1. The van der Waals surface area contributed by atoms with Gasteiger partial charge in [-0.2, -0.15) is 0 Å². The van der Waals surface area contributed by atoms with E-state index in [9.17, 15) is 0 Å². The molecule has 0 spiro atoms. The minimum absolute atomic E-state index is 0.0620. The number of benzene rings is 4. The fourth-order valence-electron chi connectivity index (χ4n) is 12.3. The molecule has 0 aliphatic rings. The quantitative estimate of drug-likeness (QED) is 0.0817. The largest absolute Gasteiger partial charge is 0.154 e. The van der Waals surface area contributed by atoms with E-state index >= 15 is 0 Å². The van der Waals surface area contributed by atoms with Gasteiger partial charge in [-0.25, -0.2) is 0 Å². The highest BCUT2D eigenvalue weighted by atomic mass is 32.1. The van der Waals surface area contributed by atoms with Gasteiger partial charge in [-0.3, -0.25) is 0 Å². The van der Waals surface area contributed by atoms with Crippen LogP contribution in [0.25, 0.3) is 52.5 Å². The van der Waals surface area contributed by atoms with Gasteiger partial charge in [0, 0.05) is 25.9 Å². The van der Waals surface area contributed by atoms with Crippen molar-refractivity contribution in [1.82, 2.24) is 0 Å². The maximum absolute atomic E-state index is 4.27. The molecule has 0 saturated carbocycles. The molecule has 6 rings (SSSR count). The molecule has 0 fully saturated rings. The van der Waals surface area contributed by atoms with E-state index in [1.165, 1.54) is 52.5 Å². The third-order valence-electron chi connectivity index (χ3n) is 12.7. The molecule has 0 bridgehead atoms. The summed E-state index contributed by atoms with van der Waals surface area (Å²) in [4.78, 5) is 0. The Hall–Kier alpha value is -2.87. The number of fused-ring (bicyclic) bond motifs is 5. The Morgan fingerprint density at radius 3 is 1.04 bits per heavy atom. The van der Waals surface area contributed by atoms with Crippen LogP contribution in [-0.4, -0.2) is 16.1 Å². The van der Waals surface area contributed by atoms with Crippen LogP contribution in [0, 0.1) is 22.9 Å². The standard InChI is InChI=1S/C50H64S2Si2/c1-45(2,3)53(46(4,5)6,47(7,8)9)25-21-37-39-28-34-20-24-52-44(34)32-42(39)38(22-26-54(48(10,11)12,49(13,14)15)50(16,17)18)40-29-35-27-33-19-23-51-43(33)31-36(35)30-41(37)40/h19-20,23-24,27-32H,1-18H3. The van der Waals surface area contributed by atoms with E-state index < -0.39 is 16.1 Å². The Morgan fingerprint density at radius 1 is 0.370 bits per heavy atom. The summed E-state index contributed by atoms with van der Waals surface area (Å²) in [5.74, 6) is 8.19. The first-order valence-corrected chi connectivity index (χ1v) is 25.6. The fourth-order valence-corrected chi connectivity index (χ4v) is 30.3. The first kappa shape index (κ1) is 40.8. The molecular formula is C50H64S2Si2. The molecule has 4 aromatic carbocycles.